The average molecular weight is 218 g/mol. The molecule has 0 aromatic carbocycles. The molecule has 0 saturated heterocycles. The Kier molecular flexibility index (Phi) is 2.03. The first-order valence-corrected chi connectivity index (χ1v) is 5.48. The molecule has 0 bridgehead atoms. The molecule has 2 N–H and O–H groups in total. The monoisotopic (exact) mass is 218 g/mol. The van der Waals surface area contributed by atoms with Gasteiger partial charge in [-0.3, -0.25) is 4.31 Å². The van der Waals surface area contributed by atoms with Crippen molar-refractivity contribution in [3.05, 3.63) is 54.0 Å². The Hall–Kier alpha value is -1.62. The molecule has 4 nitrogen and oxygen atoms in total. The number of aromatic nitrogens is 2. The summed E-state index contributed by atoms with van der Waals surface area (Å²) in [5.74, 6) is 0. The average Bonchev–Trinajstić information content (AvgIpc) is 2.87. The Labute approximate surface area is 92.0 Å². The second-order valence-electron chi connectivity index (χ2n) is 3.35. The third-order valence-corrected chi connectivity index (χ3v) is 3.11. The summed E-state index contributed by atoms with van der Waals surface area (Å²) < 4.78 is 5.25. The third-order valence-electron chi connectivity index (χ3n) is 2.37. The molecule has 1 aromatic heterocycles. The summed E-state index contributed by atoms with van der Waals surface area (Å²) in [5, 5.41) is 0. The number of hydrogen-bond donors (Lipinski definition) is 2. The lowest BCUT2D eigenvalue weighted by molar-refractivity contribution is 0.771. The number of allylic oxidation sites excluding steroid dienone is 3. The van der Waals surface area contributed by atoms with E-state index in [0.717, 1.165) is 12.1 Å². The van der Waals surface area contributed by atoms with E-state index in [2.05, 4.69) is 31.1 Å². The van der Waals surface area contributed by atoms with Gasteiger partial charge in [-0.1, -0.05) is 6.08 Å². The highest BCUT2D eigenvalue weighted by Gasteiger charge is 2.20. The summed E-state index contributed by atoms with van der Waals surface area (Å²) in [6.07, 6.45) is 12.7. The van der Waals surface area contributed by atoms with Gasteiger partial charge in [-0.05, 0) is 11.6 Å². The molecule has 0 atom stereocenters. The Morgan fingerprint density at radius 3 is 3.33 bits per heavy atom. The summed E-state index contributed by atoms with van der Waals surface area (Å²) in [6.45, 7) is 0. The zero-order valence-electron chi connectivity index (χ0n) is 7.97. The third kappa shape index (κ3) is 1.55. The molecular formula is C10H10N4S. The maximum Gasteiger partial charge on any atom is 0.0921 e. The highest BCUT2D eigenvalue weighted by Crippen LogP contribution is 2.31. The van der Waals surface area contributed by atoms with E-state index < -0.39 is 0 Å². The molecule has 0 radical (unpaired) electrons. The smallest absolute Gasteiger partial charge is 0.0921 e. The van der Waals surface area contributed by atoms with Gasteiger partial charge in [0, 0.05) is 30.7 Å². The van der Waals surface area contributed by atoms with Crippen molar-refractivity contribution in [2.24, 2.45) is 0 Å². The van der Waals surface area contributed by atoms with Crippen molar-refractivity contribution in [1.29, 1.82) is 0 Å². The lowest BCUT2D eigenvalue weighted by Gasteiger charge is -2.19. The van der Waals surface area contributed by atoms with Crippen LogP contribution in [0.4, 0.5) is 0 Å². The van der Waals surface area contributed by atoms with Crippen molar-refractivity contribution < 1.29 is 0 Å². The summed E-state index contributed by atoms with van der Waals surface area (Å²) in [6, 6.07) is 0. The number of imidazole rings is 1. The summed E-state index contributed by atoms with van der Waals surface area (Å²) in [5.41, 5.74) is 3.64. The second-order valence-corrected chi connectivity index (χ2v) is 4.16. The van der Waals surface area contributed by atoms with Crippen LogP contribution < -0.4 is 4.72 Å². The van der Waals surface area contributed by atoms with Crippen LogP contribution in [0.2, 0.25) is 0 Å². The number of H-pyrrole nitrogens is 1. The fourth-order valence-electron chi connectivity index (χ4n) is 1.66. The zero-order chi connectivity index (χ0) is 10.1. The number of rotatable bonds is 2. The lowest BCUT2D eigenvalue weighted by atomic mass is 10.1. The predicted molar refractivity (Wildman–Crippen MR) is 60.2 cm³/mol. The maximum absolute atomic E-state index is 4.02. The van der Waals surface area contributed by atoms with Crippen molar-refractivity contribution in [1.82, 2.24) is 19.0 Å². The first kappa shape index (κ1) is 8.67. The molecule has 3 rings (SSSR count). The van der Waals surface area contributed by atoms with Gasteiger partial charge in [0.15, 0.2) is 0 Å². The topological polar surface area (TPSA) is 44.0 Å². The Balaban J connectivity index is 1.86. The van der Waals surface area contributed by atoms with E-state index in [1.165, 1.54) is 11.3 Å². The van der Waals surface area contributed by atoms with Crippen molar-refractivity contribution in [2.75, 3.05) is 0 Å². The first-order chi connectivity index (χ1) is 7.43. The van der Waals surface area contributed by atoms with Crippen molar-refractivity contribution in [3.8, 4) is 0 Å². The van der Waals surface area contributed by atoms with Crippen molar-refractivity contribution in [3.63, 3.8) is 0 Å². The summed E-state index contributed by atoms with van der Waals surface area (Å²) >= 11 is 1.58. The van der Waals surface area contributed by atoms with Gasteiger partial charge in [0.05, 0.1) is 24.2 Å². The van der Waals surface area contributed by atoms with E-state index >= 15 is 0 Å². The Morgan fingerprint density at radius 1 is 1.47 bits per heavy atom. The molecule has 0 unspecified atom stereocenters. The number of nitrogens with one attached hydrogen (secondary N) is 2. The molecule has 0 spiro atoms. The van der Waals surface area contributed by atoms with Crippen molar-refractivity contribution in [2.45, 2.75) is 6.42 Å². The number of aromatic amines is 1. The lowest BCUT2D eigenvalue weighted by Crippen LogP contribution is -2.10. The van der Waals surface area contributed by atoms with E-state index in [4.69, 9.17) is 0 Å². The molecule has 5 heteroatoms. The van der Waals surface area contributed by atoms with E-state index in [1.54, 1.807) is 18.5 Å². The number of hydrogen-bond acceptors (Lipinski definition) is 4. The van der Waals surface area contributed by atoms with Gasteiger partial charge in [-0.25, -0.2) is 4.98 Å². The zero-order valence-corrected chi connectivity index (χ0v) is 8.79. The van der Waals surface area contributed by atoms with Gasteiger partial charge < -0.3 is 9.71 Å². The second kappa shape index (κ2) is 3.51. The van der Waals surface area contributed by atoms with Crippen molar-refractivity contribution >= 4 is 12.1 Å². The molecule has 2 aliphatic heterocycles. The van der Waals surface area contributed by atoms with Crippen LogP contribution in [0.15, 0.2) is 48.3 Å². The Morgan fingerprint density at radius 2 is 2.47 bits per heavy atom. The standard InChI is InChI=1S/C10H10N4S/c1-2-8(4-9-5-11-7-12-9)10-6-13-15-14(10)3-1/h1-3,5-7,13H,4H2,(H,11,12). The van der Waals surface area contributed by atoms with E-state index in [9.17, 15) is 0 Å². The van der Waals surface area contributed by atoms with Gasteiger partial charge >= 0.3 is 0 Å². The van der Waals surface area contributed by atoms with E-state index in [-0.39, 0.29) is 0 Å². The van der Waals surface area contributed by atoms with E-state index in [0.29, 0.717) is 0 Å². The fraction of sp³-hybridized carbons (Fsp3) is 0.100. The van der Waals surface area contributed by atoms with Crippen LogP contribution in [0.5, 0.6) is 0 Å². The minimum Gasteiger partial charge on any atom is -0.348 e. The molecule has 3 heterocycles. The molecule has 0 amide bonds. The van der Waals surface area contributed by atoms with Gasteiger partial charge in [0.1, 0.15) is 0 Å². The molecule has 15 heavy (non-hydrogen) atoms. The summed E-state index contributed by atoms with van der Waals surface area (Å²) in [7, 11) is 0. The van der Waals surface area contributed by atoms with Gasteiger partial charge in [-0.15, -0.1) is 0 Å². The number of nitrogens with zero attached hydrogens (tertiary/aromatic N) is 2. The molecule has 0 fully saturated rings. The summed E-state index contributed by atoms with van der Waals surface area (Å²) in [4.78, 5) is 7.13. The highest BCUT2D eigenvalue weighted by molar-refractivity contribution is 7.95. The van der Waals surface area contributed by atoms with Gasteiger partial charge in [-0.2, -0.15) is 0 Å². The minimum atomic E-state index is 0.884. The maximum atomic E-state index is 4.02. The van der Waals surface area contributed by atoms with Crippen LogP contribution in [0.25, 0.3) is 0 Å². The largest absolute Gasteiger partial charge is 0.348 e. The SMILES string of the molecule is C1=CN2SNC=C2C(Cc2cnc[nH]2)=C1. The fourth-order valence-corrected chi connectivity index (χ4v) is 2.33. The van der Waals surface area contributed by atoms with Crippen LogP contribution >= 0.6 is 12.1 Å². The molecule has 0 aliphatic carbocycles. The van der Waals surface area contributed by atoms with Gasteiger partial charge in [0.2, 0.25) is 0 Å². The molecular weight excluding hydrogens is 208 g/mol. The minimum absolute atomic E-state index is 0.884. The molecule has 1 aromatic rings. The van der Waals surface area contributed by atoms with Crippen LogP contribution in [-0.4, -0.2) is 14.3 Å². The van der Waals surface area contributed by atoms with E-state index in [1.807, 2.05) is 18.6 Å². The van der Waals surface area contributed by atoms with Crippen LogP contribution in [0, 0.1) is 0 Å². The molecule has 0 saturated carbocycles. The molecule has 76 valence electrons. The number of fused-ring (bicyclic) bond motifs is 1. The normalized spacial score (nSPS) is 18.3. The molecule has 2 aliphatic rings. The highest BCUT2D eigenvalue weighted by atomic mass is 32.2. The predicted octanol–water partition coefficient (Wildman–Crippen LogP) is 1.72. The Bertz CT molecular complexity index is 444. The van der Waals surface area contributed by atoms with Gasteiger partial charge in [0.25, 0.3) is 0 Å². The first-order valence-electron chi connectivity index (χ1n) is 4.70. The van der Waals surface area contributed by atoms with Crippen LogP contribution in [0.1, 0.15) is 5.69 Å². The quantitative estimate of drug-likeness (QED) is 0.742. The van der Waals surface area contributed by atoms with Crippen LogP contribution in [-0.2, 0) is 6.42 Å². The van der Waals surface area contributed by atoms with Crippen LogP contribution in [0.3, 0.4) is 0 Å².